The monoisotopic (exact) mass is 480 g/mol. The van der Waals surface area contributed by atoms with Crippen molar-refractivity contribution in [2.24, 2.45) is 5.73 Å². The minimum absolute atomic E-state index is 0.0454. The first-order valence-electron chi connectivity index (χ1n) is 10.6. The summed E-state index contributed by atoms with van der Waals surface area (Å²) < 4.78 is 0. The van der Waals surface area contributed by atoms with Crippen molar-refractivity contribution in [3.63, 3.8) is 0 Å². The Labute approximate surface area is 201 Å². The molecule has 1 aromatic carbocycles. The van der Waals surface area contributed by atoms with Crippen molar-refractivity contribution in [2.75, 3.05) is 18.0 Å². The van der Waals surface area contributed by atoms with Gasteiger partial charge in [-0.05, 0) is 24.0 Å². The van der Waals surface area contributed by atoms with Crippen LogP contribution in [0.2, 0.25) is 0 Å². The average molecular weight is 481 g/mol. The van der Waals surface area contributed by atoms with Crippen LogP contribution in [-0.2, 0) is 11.2 Å². The molecule has 1 fully saturated rings. The highest BCUT2D eigenvalue weighted by atomic mass is 32.2. The third-order valence-electron chi connectivity index (χ3n) is 5.61. The SMILES string of the molecule is CCc1c(C#N)c(SC(C(N)=O)c2ccccc2)nc(N2CC[C@H](NC(=O)O)[C@H](O)C2)c1C#N. The van der Waals surface area contributed by atoms with E-state index in [1.165, 1.54) is 0 Å². The van der Waals surface area contributed by atoms with Crippen LogP contribution in [0, 0.1) is 22.7 Å². The number of aliphatic hydroxyl groups excluding tert-OH is 1. The van der Waals surface area contributed by atoms with Crippen molar-refractivity contribution in [1.82, 2.24) is 10.3 Å². The van der Waals surface area contributed by atoms with Crippen LogP contribution in [-0.4, -0.2) is 52.4 Å². The summed E-state index contributed by atoms with van der Waals surface area (Å²) in [6, 6.07) is 12.5. The maximum atomic E-state index is 12.3. The fourth-order valence-corrected chi connectivity index (χ4v) is 5.04. The van der Waals surface area contributed by atoms with E-state index >= 15 is 0 Å². The van der Waals surface area contributed by atoms with Gasteiger partial charge in [-0.25, -0.2) is 9.78 Å². The molecule has 5 N–H and O–H groups in total. The van der Waals surface area contributed by atoms with Gasteiger partial charge in [0.05, 0.1) is 23.3 Å². The van der Waals surface area contributed by atoms with Crippen molar-refractivity contribution in [3.8, 4) is 12.1 Å². The number of aromatic nitrogens is 1. The molecule has 1 aliphatic rings. The van der Waals surface area contributed by atoms with Crippen LogP contribution in [0.4, 0.5) is 10.6 Å². The smallest absolute Gasteiger partial charge is 0.404 e. The molecular formula is C23H24N6O4S. The van der Waals surface area contributed by atoms with E-state index in [1.54, 1.807) is 29.2 Å². The van der Waals surface area contributed by atoms with Crippen molar-refractivity contribution in [2.45, 2.75) is 42.2 Å². The first-order chi connectivity index (χ1) is 16.3. The van der Waals surface area contributed by atoms with Crippen molar-refractivity contribution >= 4 is 29.6 Å². The van der Waals surface area contributed by atoms with Crippen molar-refractivity contribution < 1.29 is 19.8 Å². The van der Waals surface area contributed by atoms with Crippen LogP contribution in [0.5, 0.6) is 0 Å². The zero-order valence-corrected chi connectivity index (χ0v) is 19.2. The largest absolute Gasteiger partial charge is 0.465 e. The van der Waals surface area contributed by atoms with Crippen molar-refractivity contribution in [1.29, 1.82) is 10.5 Å². The van der Waals surface area contributed by atoms with Gasteiger partial charge in [0.15, 0.2) is 0 Å². The van der Waals surface area contributed by atoms with E-state index in [0.717, 1.165) is 11.8 Å². The van der Waals surface area contributed by atoms with E-state index < -0.39 is 29.4 Å². The van der Waals surface area contributed by atoms with Gasteiger partial charge in [-0.3, -0.25) is 4.79 Å². The summed E-state index contributed by atoms with van der Waals surface area (Å²) in [4.78, 5) is 29.6. The predicted octanol–water partition coefficient (Wildman–Crippen LogP) is 1.91. The number of nitriles is 2. The molecule has 2 aromatic rings. The number of aliphatic hydroxyl groups is 1. The molecule has 34 heavy (non-hydrogen) atoms. The molecule has 3 atom stereocenters. The molecule has 0 bridgehead atoms. The van der Waals surface area contributed by atoms with Crippen LogP contribution in [0.1, 0.15) is 40.8 Å². The van der Waals surface area contributed by atoms with Crippen LogP contribution in [0.15, 0.2) is 35.4 Å². The minimum atomic E-state index is -1.22. The maximum absolute atomic E-state index is 12.3. The second-order valence-corrected chi connectivity index (χ2v) is 8.81. The Kier molecular flexibility index (Phi) is 7.95. The summed E-state index contributed by atoms with van der Waals surface area (Å²) >= 11 is 1.04. The minimum Gasteiger partial charge on any atom is -0.465 e. The normalized spacial score (nSPS) is 18.4. The number of nitrogens with zero attached hydrogens (tertiary/aromatic N) is 4. The number of amides is 2. The molecule has 1 saturated heterocycles. The Morgan fingerprint density at radius 1 is 1.29 bits per heavy atom. The molecule has 0 aliphatic carbocycles. The highest BCUT2D eigenvalue weighted by Gasteiger charge is 2.33. The molecule has 176 valence electrons. The fraction of sp³-hybridized carbons (Fsp3) is 0.348. The second-order valence-electron chi connectivity index (χ2n) is 7.72. The van der Waals surface area contributed by atoms with Crippen LogP contribution >= 0.6 is 11.8 Å². The van der Waals surface area contributed by atoms with Gasteiger partial charge in [0, 0.05) is 13.1 Å². The average Bonchev–Trinajstić information content (AvgIpc) is 2.82. The summed E-state index contributed by atoms with van der Waals surface area (Å²) in [5, 5.41) is 41.0. The molecule has 0 saturated carbocycles. The van der Waals surface area contributed by atoms with Gasteiger partial charge in [0.25, 0.3) is 0 Å². The van der Waals surface area contributed by atoms with Crippen LogP contribution < -0.4 is 16.0 Å². The number of nitrogens with two attached hydrogens (primary N) is 1. The molecule has 10 nitrogen and oxygen atoms in total. The van der Waals surface area contributed by atoms with Gasteiger partial charge in [-0.15, -0.1) is 0 Å². The van der Waals surface area contributed by atoms with Crippen molar-refractivity contribution in [3.05, 3.63) is 52.6 Å². The third kappa shape index (κ3) is 5.22. The molecule has 2 amide bonds. The first kappa shape index (κ1) is 24.8. The van der Waals surface area contributed by atoms with Gasteiger partial charge >= 0.3 is 6.09 Å². The highest BCUT2D eigenvalue weighted by Crippen LogP contribution is 2.39. The molecule has 0 radical (unpaired) electrons. The molecule has 1 aromatic heterocycles. The molecule has 0 spiro atoms. The maximum Gasteiger partial charge on any atom is 0.404 e. The lowest BCUT2D eigenvalue weighted by Gasteiger charge is -2.37. The first-order valence-corrected chi connectivity index (χ1v) is 11.5. The number of carbonyl (C=O) groups excluding carboxylic acids is 1. The lowest BCUT2D eigenvalue weighted by molar-refractivity contribution is -0.117. The van der Waals surface area contributed by atoms with E-state index in [2.05, 4.69) is 22.4 Å². The standard InChI is InChI=1S/C23H24N6O4S/c1-2-14-15(10-24)21(29-9-8-17(18(30)12-29)27-23(32)33)28-22(16(14)11-25)34-19(20(26)31)13-6-4-3-5-7-13/h3-7,17-19,27,30H,2,8-9,12H2,1H3,(H2,26,31)(H,32,33)/t17-,18+,19?/m0/s1. The molecular weight excluding hydrogens is 456 g/mol. The number of anilines is 1. The topological polar surface area (TPSA) is 176 Å². The number of pyridine rings is 1. The number of β-amino-alcohol motifs (C(OH)–C–C–N with tert-alkyl or cyclic N) is 1. The third-order valence-corrected chi connectivity index (χ3v) is 6.87. The Balaban J connectivity index is 2.06. The lowest BCUT2D eigenvalue weighted by Crippen LogP contribution is -2.54. The van der Waals surface area contributed by atoms with Gasteiger partial charge in [-0.2, -0.15) is 10.5 Å². The fourth-order valence-electron chi connectivity index (χ4n) is 3.98. The van der Waals surface area contributed by atoms with Crippen LogP contribution in [0.25, 0.3) is 0 Å². The summed E-state index contributed by atoms with van der Waals surface area (Å²) in [6.07, 6.45) is -1.56. The van der Waals surface area contributed by atoms with E-state index in [9.17, 15) is 25.2 Å². The van der Waals surface area contributed by atoms with Gasteiger partial charge in [0.1, 0.15) is 28.2 Å². The summed E-state index contributed by atoms with van der Waals surface area (Å²) in [5.74, 6) is -0.313. The molecule has 1 unspecified atom stereocenters. The van der Waals surface area contributed by atoms with Crippen LogP contribution in [0.3, 0.4) is 0 Å². The van der Waals surface area contributed by atoms with E-state index in [-0.39, 0.29) is 28.5 Å². The van der Waals surface area contributed by atoms with Gasteiger partial charge in [-0.1, -0.05) is 49.0 Å². The Morgan fingerprint density at radius 3 is 2.50 bits per heavy atom. The van der Waals surface area contributed by atoms with Gasteiger partial charge < -0.3 is 26.2 Å². The predicted molar refractivity (Wildman–Crippen MR) is 125 cm³/mol. The molecule has 11 heteroatoms. The zero-order chi connectivity index (χ0) is 24.8. The number of carboxylic acid groups (broad SMARTS) is 1. The number of carbonyl (C=O) groups is 2. The molecule has 1 aliphatic heterocycles. The number of thioether (sulfide) groups is 1. The number of piperidine rings is 1. The van der Waals surface area contributed by atoms with E-state index in [4.69, 9.17) is 10.8 Å². The molecule has 2 heterocycles. The van der Waals surface area contributed by atoms with E-state index in [1.807, 2.05) is 13.0 Å². The number of primary amides is 1. The highest BCUT2D eigenvalue weighted by molar-refractivity contribution is 8.00. The lowest BCUT2D eigenvalue weighted by atomic mass is 9.98. The Bertz CT molecular complexity index is 1160. The number of benzene rings is 1. The zero-order valence-electron chi connectivity index (χ0n) is 18.4. The number of hydrogen-bond acceptors (Lipinski definition) is 8. The molecule has 3 rings (SSSR count). The number of nitrogens with one attached hydrogen (secondary N) is 1. The summed E-state index contributed by atoms with van der Waals surface area (Å²) in [7, 11) is 0. The summed E-state index contributed by atoms with van der Waals surface area (Å²) in [5.41, 5.74) is 7.24. The van der Waals surface area contributed by atoms with E-state index in [0.29, 0.717) is 30.5 Å². The quantitative estimate of drug-likeness (QED) is 0.431. The summed E-state index contributed by atoms with van der Waals surface area (Å²) in [6.45, 7) is 2.19. The number of rotatable bonds is 7. The number of hydrogen-bond donors (Lipinski definition) is 4. The van der Waals surface area contributed by atoms with Gasteiger partial charge in [0.2, 0.25) is 5.91 Å². The second kappa shape index (κ2) is 10.9. The Hall–Kier alpha value is -3.80. The Morgan fingerprint density at radius 2 is 1.97 bits per heavy atom.